The molecule has 1 heterocycles. The highest BCUT2D eigenvalue weighted by Gasteiger charge is 2.26. The van der Waals surface area contributed by atoms with Gasteiger partial charge in [-0.2, -0.15) is 0 Å². The first-order valence-corrected chi connectivity index (χ1v) is 13.3. The molecule has 1 aliphatic rings. The summed E-state index contributed by atoms with van der Waals surface area (Å²) >= 11 is 0. The zero-order valence-corrected chi connectivity index (χ0v) is 19.2. The second-order valence-corrected chi connectivity index (χ2v) is 14.0. The molecule has 1 aromatic carbocycles. The highest BCUT2D eigenvalue weighted by molar-refractivity contribution is 6.83. The van der Waals surface area contributed by atoms with E-state index in [9.17, 15) is 9.59 Å². The fourth-order valence-corrected chi connectivity index (χ4v) is 3.48. The Bertz CT molecular complexity index is 802. The average molecular weight is 401 g/mol. The van der Waals surface area contributed by atoms with E-state index < -0.39 is 13.7 Å². The summed E-state index contributed by atoms with van der Waals surface area (Å²) in [5.41, 5.74) is 6.40. The molecule has 1 amide bonds. The Labute approximate surface area is 170 Å². The number of nitrogens with zero attached hydrogens (tertiary/aromatic N) is 2. The summed E-state index contributed by atoms with van der Waals surface area (Å²) in [7, 11) is -1.50. The van der Waals surface area contributed by atoms with Gasteiger partial charge in [0.05, 0.1) is 0 Å². The largest absolute Gasteiger partial charge is 0.444 e. The molecule has 0 spiro atoms. The molecule has 1 saturated heterocycles. The van der Waals surface area contributed by atoms with Crippen LogP contribution in [0.15, 0.2) is 12.1 Å². The number of anilines is 1. The zero-order valence-electron chi connectivity index (χ0n) is 18.2. The monoisotopic (exact) mass is 400 g/mol. The fourth-order valence-electron chi connectivity index (χ4n) is 2.96. The second-order valence-electron chi connectivity index (χ2n) is 9.28. The van der Waals surface area contributed by atoms with Gasteiger partial charge in [0.2, 0.25) is 0 Å². The summed E-state index contributed by atoms with van der Waals surface area (Å²) < 4.78 is 5.47. The van der Waals surface area contributed by atoms with Crippen molar-refractivity contribution >= 4 is 26.1 Å². The predicted octanol–water partition coefficient (Wildman–Crippen LogP) is 4.09. The summed E-state index contributed by atoms with van der Waals surface area (Å²) in [6.45, 7) is 16.8. The molecule has 0 atom stereocenters. The smallest absolute Gasteiger partial charge is 0.410 e. The van der Waals surface area contributed by atoms with Crippen molar-refractivity contribution in [1.82, 2.24) is 4.90 Å². The summed E-state index contributed by atoms with van der Waals surface area (Å²) in [6.07, 6.45) is 0.627. The molecule has 0 N–H and O–H groups in total. The van der Waals surface area contributed by atoms with Crippen LogP contribution in [-0.2, 0) is 4.74 Å². The Kier molecular flexibility index (Phi) is 6.61. The van der Waals surface area contributed by atoms with E-state index in [2.05, 4.69) is 42.1 Å². The van der Waals surface area contributed by atoms with Crippen LogP contribution in [0.3, 0.4) is 0 Å². The Morgan fingerprint density at radius 2 is 1.75 bits per heavy atom. The summed E-state index contributed by atoms with van der Waals surface area (Å²) in [4.78, 5) is 27.8. The van der Waals surface area contributed by atoms with Gasteiger partial charge in [0.1, 0.15) is 20.0 Å². The van der Waals surface area contributed by atoms with Crippen LogP contribution in [0.4, 0.5) is 10.5 Å². The van der Waals surface area contributed by atoms with Gasteiger partial charge >= 0.3 is 6.09 Å². The van der Waals surface area contributed by atoms with Crippen molar-refractivity contribution in [2.24, 2.45) is 0 Å². The Morgan fingerprint density at radius 1 is 1.14 bits per heavy atom. The van der Waals surface area contributed by atoms with Gasteiger partial charge in [0.25, 0.3) is 0 Å². The number of piperazine rings is 1. The molecule has 0 saturated carbocycles. The molecule has 28 heavy (non-hydrogen) atoms. The predicted molar refractivity (Wildman–Crippen MR) is 117 cm³/mol. The van der Waals surface area contributed by atoms with E-state index in [1.165, 1.54) is 0 Å². The van der Waals surface area contributed by atoms with Crippen molar-refractivity contribution < 1.29 is 14.3 Å². The fraction of sp³-hybridized carbons (Fsp3) is 0.545. The number of amides is 1. The van der Waals surface area contributed by atoms with E-state index in [0.717, 1.165) is 23.1 Å². The summed E-state index contributed by atoms with van der Waals surface area (Å²) in [5, 5.41) is 0. The molecule has 0 radical (unpaired) electrons. The molecular formula is C22H32N2O3Si. The van der Waals surface area contributed by atoms with Crippen molar-refractivity contribution in [2.45, 2.75) is 52.9 Å². The molecular weight excluding hydrogens is 368 g/mol. The Hall–Kier alpha value is -2.26. The third-order valence-corrected chi connectivity index (χ3v) is 5.28. The van der Waals surface area contributed by atoms with Gasteiger partial charge in [0, 0.05) is 43.0 Å². The van der Waals surface area contributed by atoms with Crippen molar-refractivity contribution in [3.8, 4) is 11.5 Å². The molecule has 0 aliphatic carbocycles. The van der Waals surface area contributed by atoms with Gasteiger partial charge in [-0.3, -0.25) is 4.79 Å². The van der Waals surface area contributed by atoms with E-state index in [4.69, 9.17) is 4.74 Å². The molecule has 0 bridgehead atoms. The van der Waals surface area contributed by atoms with Crippen LogP contribution in [0, 0.1) is 18.4 Å². The van der Waals surface area contributed by atoms with E-state index in [0.29, 0.717) is 31.7 Å². The lowest BCUT2D eigenvalue weighted by Crippen LogP contribution is -2.50. The van der Waals surface area contributed by atoms with Gasteiger partial charge < -0.3 is 14.5 Å². The van der Waals surface area contributed by atoms with Gasteiger partial charge in [-0.15, -0.1) is 5.54 Å². The molecule has 2 rings (SSSR count). The molecule has 1 aliphatic heterocycles. The SMILES string of the molecule is Cc1c(C=O)cc(C#C[Si](C)(C)C)cc1N1CCN(C(=O)OC(C)(C)C)CC1. The van der Waals surface area contributed by atoms with Crippen LogP contribution in [-0.4, -0.2) is 57.1 Å². The van der Waals surface area contributed by atoms with E-state index in [1.807, 2.05) is 33.8 Å². The minimum atomic E-state index is -1.50. The van der Waals surface area contributed by atoms with E-state index in [1.54, 1.807) is 4.90 Å². The molecule has 0 aromatic heterocycles. The van der Waals surface area contributed by atoms with Gasteiger partial charge in [-0.25, -0.2) is 4.79 Å². The topological polar surface area (TPSA) is 49.9 Å². The van der Waals surface area contributed by atoms with Gasteiger partial charge in [0.15, 0.2) is 0 Å². The van der Waals surface area contributed by atoms with Crippen molar-refractivity contribution in [1.29, 1.82) is 0 Å². The number of ether oxygens (including phenoxy) is 1. The summed E-state index contributed by atoms with van der Waals surface area (Å²) in [5.74, 6) is 3.26. The van der Waals surface area contributed by atoms with Crippen LogP contribution in [0.2, 0.25) is 19.6 Å². The van der Waals surface area contributed by atoms with E-state index in [-0.39, 0.29) is 6.09 Å². The Morgan fingerprint density at radius 3 is 2.25 bits per heavy atom. The second kappa shape index (κ2) is 8.40. The highest BCUT2D eigenvalue weighted by atomic mass is 28.3. The third kappa shape index (κ3) is 6.13. The first-order valence-electron chi connectivity index (χ1n) is 9.75. The number of hydrogen-bond donors (Lipinski definition) is 0. The number of benzene rings is 1. The molecule has 1 aromatic rings. The van der Waals surface area contributed by atoms with Crippen molar-refractivity contribution in [3.63, 3.8) is 0 Å². The zero-order chi connectivity index (χ0) is 21.1. The van der Waals surface area contributed by atoms with Gasteiger partial charge in [-0.05, 0) is 45.4 Å². The standard InChI is InChI=1S/C22H32N2O3Si/c1-17-19(16-25)14-18(8-13-28(5,6)7)15-20(17)23-9-11-24(12-10-23)21(26)27-22(2,3)4/h14-16H,9-12H2,1-7H3. The van der Waals surface area contributed by atoms with Crippen LogP contribution in [0.1, 0.15) is 42.3 Å². The molecule has 152 valence electrons. The maximum atomic E-state index is 12.3. The number of hydrogen-bond acceptors (Lipinski definition) is 4. The van der Waals surface area contributed by atoms with Crippen LogP contribution >= 0.6 is 0 Å². The number of carbonyl (C=O) groups is 2. The lowest BCUT2D eigenvalue weighted by Gasteiger charge is -2.37. The van der Waals surface area contributed by atoms with Crippen molar-refractivity contribution in [3.05, 3.63) is 28.8 Å². The normalized spacial score (nSPS) is 15.0. The lowest BCUT2D eigenvalue weighted by atomic mass is 10.0. The first-order chi connectivity index (χ1) is 12.9. The lowest BCUT2D eigenvalue weighted by molar-refractivity contribution is 0.0240. The Balaban J connectivity index is 2.20. The minimum absolute atomic E-state index is 0.271. The molecule has 6 heteroatoms. The summed E-state index contributed by atoms with van der Waals surface area (Å²) in [6, 6.07) is 3.94. The number of rotatable bonds is 2. The number of aldehydes is 1. The molecule has 5 nitrogen and oxygen atoms in total. The minimum Gasteiger partial charge on any atom is -0.444 e. The highest BCUT2D eigenvalue weighted by Crippen LogP contribution is 2.26. The van der Waals surface area contributed by atoms with Crippen LogP contribution < -0.4 is 4.90 Å². The quantitative estimate of drug-likeness (QED) is 0.426. The van der Waals surface area contributed by atoms with Crippen LogP contribution in [0.25, 0.3) is 0 Å². The molecule has 1 fully saturated rings. The molecule has 0 unspecified atom stereocenters. The third-order valence-electron chi connectivity index (χ3n) is 4.40. The van der Waals surface area contributed by atoms with Gasteiger partial charge in [-0.1, -0.05) is 25.6 Å². The number of carbonyl (C=O) groups excluding carboxylic acids is 2. The first kappa shape index (κ1) is 22.0. The van der Waals surface area contributed by atoms with E-state index >= 15 is 0 Å². The maximum absolute atomic E-state index is 12.3. The van der Waals surface area contributed by atoms with Crippen LogP contribution in [0.5, 0.6) is 0 Å². The van der Waals surface area contributed by atoms with Crippen molar-refractivity contribution in [2.75, 3.05) is 31.1 Å². The average Bonchev–Trinajstić information content (AvgIpc) is 2.59. The maximum Gasteiger partial charge on any atom is 0.410 e.